The van der Waals surface area contributed by atoms with Crippen LogP contribution in [-0.2, 0) is 0 Å². The maximum absolute atomic E-state index is 6.10. The summed E-state index contributed by atoms with van der Waals surface area (Å²) >= 11 is 6.10. The first-order valence-corrected chi connectivity index (χ1v) is 8.26. The van der Waals surface area contributed by atoms with Gasteiger partial charge in [0.15, 0.2) is 11.0 Å². The molecule has 3 nitrogen and oxygen atoms in total. The van der Waals surface area contributed by atoms with Gasteiger partial charge in [-0.25, -0.2) is 0 Å². The summed E-state index contributed by atoms with van der Waals surface area (Å²) in [6.45, 7) is 3.32. The Morgan fingerprint density at radius 1 is 1.10 bits per heavy atom. The summed E-state index contributed by atoms with van der Waals surface area (Å²) in [7, 11) is 0. The van der Waals surface area contributed by atoms with Crippen LogP contribution >= 0.6 is 11.6 Å². The molecule has 4 heteroatoms. The van der Waals surface area contributed by atoms with E-state index < -0.39 is 0 Å². The van der Waals surface area contributed by atoms with Crippen LogP contribution in [0.15, 0.2) is 24.3 Å². The Labute approximate surface area is 131 Å². The van der Waals surface area contributed by atoms with Crippen molar-refractivity contribution in [2.45, 2.75) is 39.0 Å². The van der Waals surface area contributed by atoms with Crippen LogP contribution in [0.3, 0.4) is 0 Å². The summed E-state index contributed by atoms with van der Waals surface area (Å²) in [6, 6.07) is 8.01. The van der Waals surface area contributed by atoms with Crippen LogP contribution < -0.4 is 5.32 Å². The Hall–Kier alpha value is -1.35. The summed E-state index contributed by atoms with van der Waals surface area (Å²) < 4.78 is 0. The van der Waals surface area contributed by atoms with Crippen LogP contribution in [0.4, 0.5) is 5.82 Å². The lowest BCUT2D eigenvalue weighted by Crippen LogP contribution is -2.16. The van der Waals surface area contributed by atoms with Crippen molar-refractivity contribution in [3.63, 3.8) is 0 Å². The topological polar surface area (TPSA) is 37.8 Å². The van der Waals surface area contributed by atoms with E-state index in [-0.39, 0.29) is 0 Å². The fraction of sp³-hybridized carbons (Fsp3) is 0.529. The Kier molecular flexibility index (Phi) is 4.59. The third kappa shape index (κ3) is 3.46. The highest BCUT2D eigenvalue weighted by Gasteiger charge is 2.17. The summed E-state index contributed by atoms with van der Waals surface area (Å²) in [6.07, 6.45) is 6.72. The molecule has 1 aliphatic rings. The van der Waals surface area contributed by atoms with Crippen LogP contribution in [0.25, 0.3) is 10.8 Å². The second kappa shape index (κ2) is 6.61. The van der Waals surface area contributed by atoms with E-state index in [9.17, 15) is 0 Å². The number of rotatable bonds is 4. The van der Waals surface area contributed by atoms with Crippen LogP contribution in [0.5, 0.6) is 0 Å². The van der Waals surface area contributed by atoms with Crippen molar-refractivity contribution in [1.82, 2.24) is 10.2 Å². The molecule has 112 valence electrons. The van der Waals surface area contributed by atoms with E-state index in [0.717, 1.165) is 35.0 Å². The van der Waals surface area contributed by atoms with Gasteiger partial charge in [-0.15, -0.1) is 10.2 Å². The summed E-state index contributed by atoms with van der Waals surface area (Å²) in [5.41, 5.74) is 0. The molecule has 3 rings (SSSR count). The third-order valence-electron chi connectivity index (χ3n) is 4.62. The highest BCUT2D eigenvalue weighted by atomic mass is 35.5. The molecule has 0 aliphatic heterocycles. The molecule has 0 bridgehead atoms. The van der Waals surface area contributed by atoms with Crippen LogP contribution in [0.1, 0.15) is 39.0 Å². The SMILES string of the molecule is CC1CCC(CCNc2nnc(Cl)c3ccccc23)CC1. The molecule has 0 radical (unpaired) electrons. The Morgan fingerprint density at radius 3 is 2.57 bits per heavy atom. The zero-order valence-corrected chi connectivity index (χ0v) is 13.2. The fourth-order valence-corrected chi connectivity index (χ4v) is 3.42. The number of nitrogens with zero attached hydrogens (tertiary/aromatic N) is 2. The van der Waals surface area contributed by atoms with Crippen molar-refractivity contribution < 1.29 is 0 Å². The molecule has 1 N–H and O–H groups in total. The Balaban J connectivity index is 1.62. The molecule has 1 aromatic heterocycles. The molecule has 1 saturated carbocycles. The lowest BCUT2D eigenvalue weighted by atomic mass is 9.81. The van der Waals surface area contributed by atoms with Gasteiger partial charge in [0.05, 0.1) is 0 Å². The van der Waals surface area contributed by atoms with Gasteiger partial charge >= 0.3 is 0 Å². The maximum Gasteiger partial charge on any atom is 0.159 e. The Bertz CT molecular complexity index is 606. The highest BCUT2D eigenvalue weighted by Crippen LogP contribution is 2.30. The number of halogens is 1. The molecule has 1 heterocycles. The van der Waals surface area contributed by atoms with Gasteiger partial charge in [-0.05, 0) is 18.3 Å². The summed E-state index contributed by atoms with van der Waals surface area (Å²) in [4.78, 5) is 0. The predicted octanol–water partition coefficient (Wildman–Crippen LogP) is 4.91. The number of aromatic nitrogens is 2. The molecule has 2 aromatic rings. The van der Waals surface area contributed by atoms with Gasteiger partial charge in [-0.2, -0.15) is 0 Å². The quantitative estimate of drug-likeness (QED) is 0.872. The molecule has 0 saturated heterocycles. The van der Waals surface area contributed by atoms with E-state index in [2.05, 4.69) is 22.4 Å². The fourth-order valence-electron chi connectivity index (χ4n) is 3.21. The van der Waals surface area contributed by atoms with Gasteiger partial charge in [-0.3, -0.25) is 0 Å². The average molecular weight is 304 g/mol. The molecule has 1 fully saturated rings. The predicted molar refractivity (Wildman–Crippen MR) is 88.8 cm³/mol. The van der Waals surface area contributed by atoms with Crippen molar-refractivity contribution in [2.75, 3.05) is 11.9 Å². The van der Waals surface area contributed by atoms with Crippen LogP contribution in [0.2, 0.25) is 5.15 Å². The minimum Gasteiger partial charge on any atom is -0.368 e. The van der Waals surface area contributed by atoms with E-state index >= 15 is 0 Å². The summed E-state index contributed by atoms with van der Waals surface area (Å²) in [5, 5.41) is 14.2. The second-order valence-corrected chi connectivity index (χ2v) is 6.58. The highest BCUT2D eigenvalue weighted by molar-refractivity contribution is 6.34. The van der Waals surface area contributed by atoms with E-state index in [1.165, 1.54) is 32.1 Å². The zero-order chi connectivity index (χ0) is 14.7. The van der Waals surface area contributed by atoms with Gasteiger partial charge in [0, 0.05) is 17.3 Å². The molecule has 0 unspecified atom stereocenters. The standard InChI is InChI=1S/C17H22ClN3/c1-12-6-8-13(9-7-12)10-11-19-17-15-5-3-2-4-14(15)16(18)20-21-17/h2-5,12-13H,6-11H2,1H3,(H,19,21). The van der Waals surface area contributed by atoms with E-state index in [0.29, 0.717) is 5.15 Å². The summed E-state index contributed by atoms with van der Waals surface area (Å²) in [5.74, 6) is 2.62. The van der Waals surface area contributed by atoms with Crippen molar-refractivity contribution in [3.8, 4) is 0 Å². The van der Waals surface area contributed by atoms with Crippen molar-refractivity contribution in [3.05, 3.63) is 29.4 Å². The van der Waals surface area contributed by atoms with Crippen LogP contribution in [-0.4, -0.2) is 16.7 Å². The first-order chi connectivity index (χ1) is 10.2. The van der Waals surface area contributed by atoms with Gasteiger partial charge < -0.3 is 5.32 Å². The largest absolute Gasteiger partial charge is 0.368 e. The average Bonchev–Trinajstić information content (AvgIpc) is 2.52. The number of fused-ring (bicyclic) bond motifs is 1. The van der Waals surface area contributed by atoms with Gasteiger partial charge in [-0.1, -0.05) is 68.5 Å². The monoisotopic (exact) mass is 303 g/mol. The molecular weight excluding hydrogens is 282 g/mol. The molecule has 1 aromatic carbocycles. The first kappa shape index (κ1) is 14.6. The van der Waals surface area contributed by atoms with Gasteiger partial charge in [0.1, 0.15) is 0 Å². The molecule has 0 spiro atoms. The van der Waals surface area contributed by atoms with Gasteiger partial charge in [0.2, 0.25) is 0 Å². The number of benzene rings is 1. The van der Waals surface area contributed by atoms with E-state index in [1.807, 2.05) is 24.3 Å². The van der Waals surface area contributed by atoms with Crippen molar-refractivity contribution in [1.29, 1.82) is 0 Å². The van der Waals surface area contributed by atoms with E-state index in [4.69, 9.17) is 11.6 Å². The minimum atomic E-state index is 0.470. The molecular formula is C17H22ClN3. The maximum atomic E-state index is 6.10. The normalized spacial score (nSPS) is 22.4. The lowest BCUT2D eigenvalue weighted by Gasteiger charge is -2.26. The number of nitrogens with one attached hydrogen (secondary N) is 1. The minimum absolute atomic E-state index is 0.470. The third-order valence-corrected chi connectivity index (χ3v) is 4.90. The Morgan fingerprint density at radius 2 is 1.81 bits per heavy atom. The molecule has 1 aliphatic carbocycles. The van der Waals surface area contributed by atoms with Crippen LogP contribution in [0, 0.1) is 11.8 Å². The number of anilines is 1. The smallest absolute Gasteiger partial charge is 0.159 e. The molecule has 21 heavy (non-hydrogen) atoms. The van der Waals surface area contributed by atoms with E-state index in [1.54, 1.807) is 0 Å². The molecule has 0 atom stereocenters. The van der Waals surface area contributed by atoms with Gasteiger partial charge in [0.25, 0.3) is 0 Å². The molecule has 0 amide bonds. The lowest BCUT2D eigenvalue weighted by molar-refractivity contribution is 0.282. The number of hydrogen-bond donors (Lipinski definition) is 1. The van der Waals surface area contributed by atoms with Crippen molar-refractivity contribution >= 4 is 28.2 Å². The number of hydrogen-bond acceptors (Lipinski definition) is 3. The van der Waals surface area contributed by atoms with Crippen molar-refractivity contribution in [2.24, 2.45) is 11.8 Å². The first-order valence-electron chi connectivity index (χ1n) is 7.89. The zero-order valence-electron chi connectivity index (χ0n) is 12.5. The second-order valence-electron chi connectivity index (χ2n) is 6.23.